The minimum atomic E-state index is -0.252. The van der Waals surface area contributed by atoms with Gasteiger partial charge in [-0.3, -0.25) is 0 Å². The van der Waals surface area contributed by atoms with Crippen molar-refractivity contribution in [1.29, 1.82) is 0 Å². The summed E-state index contributed by atoms with van der Waals surface area (Å²) in [6.45, 7) is 3.45. The lowest BCUT2D eigenvalue weighted by Gasteiger charge is -2.26. The highest BCUT2D eigenvalue weighted by atomic mass is 35.5. The molecule has 0 radical (unpaired) electrons. The van der Waals surface area contributed by atoms with Crippen molar-refractivity contribution in [2.75, 3.05) is 30.9 Å². The second kappa shape index (κ2) is 8.16. The molecule has 0 aromatic heterocycles. The molecule has 0 aliphatic carbocycles. The van der Waals surface area contributed by atoms with E-state index in [9.17, 15) is 0 Å². The SMILES string of the molecule is CCCCOCC(CCl)(CCl)CCl. The van der Waals surface area contributed by atoms with Crippen LogP contribution < -0.4 is 0 Å². The molecule has 0 atom stereocenters. The van der Waals surface area contributed by atoms with Crippen molar-refractivity contribution in [2.24, 2.45) is 5.41 Å². The Hall–Kier alpha value is 0.830. The fourth-order valence-electron chi connectivity index (χ4n) is 0.758. The first-order chi connectivity index (χ1) is 6.24. The highest BCUT2D eigenvalue weighted by Gasteiger charge is 2.27. The molecule has 1 nitrogen and oxygen atoms in total. The van der Waals surface area contributed by atoms with Gasteiger partial charge in [-0.1, -0.05) is 13.3 Å². The van der Waals surface area contributed by atoms with Gasteiger partial charge in [0.05, 0.1) is 6.61 Å². The monoisotopic (exact) mass is 246 g/mol. The first-order valence-corrected chi connectivity index (χ1v) is 6.10. The highest BCUT2D eigenvalue weighted by Crippen LogP contribution is 2.23. The summed E-state index contributed by atoms with van der Waals surface area (Å²) in [5.41, 5.74) is -0.252. The van der Waals surface area contributed by atoms with Gasteiger partial charge in [0.2, 0.25) is 0 Å². The summed E-state index contributed by atoms with van der Waals surface area (Å²) >= 11 is 17.4. The second-order valence-electron chi connectivity index (χ2n) is 3.31. The van der Waals surface area contributed by atoms with Gasteiger partial charge in [0.1, 0.15) is 0 Å². The van der Waals surface area contributed by atoms with Crippen LogP contribution in [0.5, 0.6) is 0 Å². The van der Waals surface area contributed by atoms with E-state index in [1.165, 1.54) is 0 Å². The molecule has 0 saturated carbocycles. The predicted molar refractivity (Wildman–Crippen MR) is 60.3 cm³/mol. The van der Waals surface area contributed by atoms with Crippen LogP contribution in [-0.2, 0) is 4.74 Å². The Bertz CT molecular complexity index is 107. The van der Waals surface area contributed by atoms with Crippen LogP contribution >= 0.6 is 34.8 Å². The smallest absolute Gasteiger partial charge is 0.0556 e. The molecule has 0 aliphatic rings. The predicted octanol–water partition coefficient (Wildman–Crippen LogP) is 3.51. The number of hydrogen-bond donors (Lipinski definition) is 0. The van der Waals surface area contributed by atoms with Crippen LogP contribution in [0.3, 0.4) is 0 Å². The molecule has 0 saturated heterocycles. The molecule has 0 rings (SSSR count). The lowest BCUT2D eigenvalue weighted by Crippen LogP contribution is -2.33. The molecule has 0 bridgehead atoms. The minimum Gasteiger partial charge on any atom is -0.381 e. The third kappa shape index (κ3) is 5.31. The van der Waals surface area contributed by atoms with Gasteiger partial charge in [-0.25, -0.2) is 0 Å². The summed E-state index contributed by atoms with van der Waals surface area (Å²) in [4.78, 5) is 0. The lowest BCUT2D eigenvalue weighted by atomic mass is 9.97. The Balaban J connectivity index is 3.68. The normalized spacial score (nSPS) is 12.0. The summed E-state index contributed by atoms with van der Waals surface area (Å²) in [5, 5.41) is 0. The Morgan fingerprint density at radius 2 is 1.62 bits per heavy atom. The summed E-state index contributed by atoms with van der Waals surface area (Å²) in [5.74, 6) is 1.35. The van der Waals surface area contributed by atoms with Crippen LogP contribution in [0.4, 0.5) is 0 Å². The van der Waals surface area contributed by atoms with Crippen molar-refractivity contribution in [3.05, 3.63) is 0 Å². The molecule has 0 aromatic carbocycles. The molecule has 13 heavy (non-hydrogen) atoms. The van der Waals surface area contributed by atoms with E-state index in [2.05, 4.69) is 6.92 Å². The fourth-order valence-corrected chi connectivity index (χ4v) is 1.85. The van der Waals surface area contributed by atoms with Crippen molar-refractivity contribution in [1.82, 2.24) is 0 Å². The van der Waals surface area contributed by atoms with Crippen molar-refractivity contribution in [3.8, 4) is 0 Å². The van der Waals surface area contributed by atoms with Gasteiger partial charge in [-0.2, -0.15) is 0 Å². The molecular weight excluding hydrogens is 230 g/mol. The van der Waals surface area contributed by atoms with Gasteiger partial charge in [-0.05, 0) is 6.42 Å². The number of rotatable bonds is 8. The minimum absolute atomic E-state index is 0.252. The molecule has 0 aliphatic heterocycles. The zero-order chi connectivity index (χ0) is 10.2. The van der Waals surface area contributed by atoms with Crippen LogP contribution in [-0.4, -0.2) is 30.9 Å². The van der Waals surface area contributed by atoms with E-state index in [1.807, 2.05) is 0 Å². The average Bonchev–Trinajstić information content (AvgIpc) is 2.20. The molecule has 0 heterocycles. The number of ether oxygens (including phenoxy) is 1. The van der Waals surface area contributed by atoms with Gasteiger partial charge >= 0.3 is 0 Å². The largest absolute Gasteiger partial charge is 0.381 e. The zero-order valence-corrected chi connectivity index (χ0v) is 10.3. The van der Waals surface area contributed by atoms with Crippen LogP contribution in [0.2, 0.25) is 0 Å². The topological polar surface area (TPSA) is 9.23 Å². The van der Waals surface area contributed by atoms with E-state index in [1.54, 1.807) is 0 Å². The molecule has 0 N–H and O–H groups in total. The molecule has 0 unspecified atom stereocenters. The van der Waals surface area contributed by atoms with E-state index >= 15 is 0 Å². The van der Waals surface area contributed by atoms with Crippen LogP contribution in [0.15, 0.2) is 0 Å². The fraction of sp³-hybridized carbons (Fsp3) is 1.00. The van der Waals surface area contributed by atoms with Crippen molar-refractivity contribution >= 4 is 34.8 Å². The van der Waals surface area contributed by atoms with Gasteiger partial charge < -0.3 is 4.74 Å². The molecular formula is C9H17Cl3O. The van der Waals surface area contributed by atoms with E-state index < -0.39 is 0 Å². The van der Waals surface area contributed by atoms with Crippen LogP contribution in [0, 0.1) is 5.41 Å². The quantitative estimate of drug-likeness (QED) is 0.471. The van der Waals surface area contributed by atoms with E-state index in [4.69, 9.17) is 39.5 Å². The number of halogens is 3. The Morgan fingerprint density at radius 3 is 2.00 bits per heavy atom. The maximum Gasteiger partial charge on any atom is 0.0556 e. The standard InChI is InChI=1S/C9H17Cl3O/c1-2-3-4-13-8-9(5-10,6-11)7-12/h2-8H2,1H3. The maximum atomic E-state index is 5.79. The molecule has 0 amide bonds. The third-order valence-electron chi connectivity index (χ3n) is 1.90. The molecule has 4 heteroatoms. The Labute approximate surface area is 95.7 Å². The lowest BCUT2D eigenvalue weighted by molar-refractivity contribution is 0.0740. The molecule has 0 spiro atoms. The van der Waals surface area contributed by atoms with E-state index in [0.29, 0.717) is 24.2 Å². The number of unbranched alkanes of at least 4 members (excludes halogenated alkanes) is 1. The van der Waals surface area contributed by atoms with E-state index in [-0.39, 0.29) is 5.41 Å². The Kier molecular flexibility index (Phi) is 8.69. The maximum absolute atomic E-state index is 5.79. The van der Waals surface area contributed by atoms with Crippen LogP contribution in [0.25, 0.3) is 0 Å². The summed E-state index contributed by atoms with van der Waals surface area (Å²) < 4.78 is 5.46. The first-order valence-electron chi connectivity index (χ1n) is 4.50. The first kappa shape index (κ1) is 13.8. The molecule has 0 fully saturated rings. The van der Waals surface area contributed by atoms with E-state index in [0.717, 1.165) is 19.4 Å². The number of alkyl halides is 3. The van der Waals surface area contributed by atoms with Crippen LogP contribution in [0.1, 0.15) is 19.8 Å². The zero-order valence-electron chi connectivity index (χ0n) is 7.99. The average molecular weight is 248 g/mol. The van der Waals surface area contributed by atoms with Gasteiger partial charge in [0, 0.05) is 29.7 Å². The Morgan fingerprint density at radius 1 is 1.08 bits per heavy atom. The highest BCUT2D eigenvalue weighted by molar-refractivity contribution is 6.24. The number of hydrogen-bond acceptors (Lipinski definition) is 1. The molecule has 0 aromatic rings. The van der Waals surface area contributed by atoms with Gasteiger partial charge in [0.25, 0.3) is 0 Å². The van der Waals surface area contributed by atoms with Crippen molar-refractivity contribution in [2.45, 2.75) is 19.8 Å². The van der Waals surface area contributed by atoms with Gasteiger partial charge in [0.15, 0.2) is 0 Å². The summed E-state index contributed by atoms with van der Waals surface area (Å²) in [6.07, 6.45) is 2.21. The summed E-state index contributed by atoms with van der Waals surface area (Å²) in [7, 11) is 0. The summed E-state index contributed by atoms with van der Waals surface area (Å²) in [6, 6.07) is 0. The second-order valence-corrected chi connectivity index (χ2v) is 4.11. The van der Waals surface area contributed by atoms with Crippen molar-refractivity contribution < 1.29 is 4.74 Å². The van der Waals surface area contributed by atoms with Crippen molar-refractivity contribution in [3.63, 3.8) is 0 Å². The third-order valence-corrected chi connectivity index (χ3v) is 3.60. The molecule has 80 valence electrons. The van der Waals surface area contributed by atoms with Gasteiger partial charge in [-0.15, -0.1) is 34.8 Å².